The van der Waals surface area contributed by atoms with Gasteiger partial charge in [0.25, 0.3) is 0 Å². The van der Waals surface area contributed by atoms with Crippen LogP contribution < -0.4 is 10.1 Å². The molecule has 168 valence electrons. The minimum absolute atomic E-state index is 0.115. The Morgan fingerprint density at radius 2 is 1.82 bits per heavy atom. The third kappa shape index (κ3) is 5.21. The van der Waals surface area contributed by atoms with Gasteiger partial charge in [0.2, 0.25) is 5.91 Å². The standard InChI is InChI=1S/C25H23ClN4O2S/c1-16-8-13-22(17(2)14-16)27-23(31)15-33-25-29-28-24(20-6-4-5-7-21(20)26)30(25)18-9-11-19(32-3)12-10-18/h4-14H,15H2,1-3H3,(H,27,31). The molecule has 0 aliphatic heterocycles. The molecule has 0 spiro atoms. The summed E-state index contributed by atoms with van der Waals surface area (Å²) in [5.74, 6) is 1.41. The number of nitrogens with one attached hydrogen (secondary N) is 1. The molecule has 8 heteroatoms. The van der Waals surface area contributed by atoms with Crippen LogP contribution in [0.25, 0.3) is 17.1 Å². The van der Waals surface area contributed by atoms with E-state index < -0.39 is 0 Å². The van der Waals surface area contributed by atoms with E-state index in [-0.39, 0.29) is 11.7 Å². The molecule has 0 aliphatic rings. The monoisotopic (exact) mass is 478 g/mol. The summed E-state index contributed by atoms with van der Waals surface area (Å²) in [5.41, 5.74) is 4.58. The number of benzene rings is 3. The predicted molar refractivity (Wildman–Crippen MR) is 134 cm³/mol. The van der Waals surface area contributed by atoms with Gasteiger partial charge in [-0.15, -0.1) is 10.2 Å². The number of anilines is 1. The van der Waals surface area contributed by atoms with Crippen LogP contribution in [-0.4, -0.2) is 33.5 Å². The van der Waals surface area contributed by atoms with E-state index in [1.165, 1.54) is 11.8 Å². The van der Waals surface area contributed by atoms with Gasteiger partial charge in [0.15, 0.2) is 11.0 Å². The number of aromatic nitrogens is 3. The number of amides is 1. The minimum atomic E-state index is -0.115. The first-order valence-electron chi connectivity index (χ1n) is 10.3. The Hall–Kier alpha value is -3.29. The molecule has 0 fully saturated rings. The third-order valence-electron chi connectivity index (χ3n) is 5.07. The number of methoxy groups -OCH3 is 1. The SMILES string of the molecule is COc1ccc(-n2c(SCC(=O)Nc3ccc(C)cc3C)nnc2-c2ccccc2Cl)cc1. The van der Waals surface area contributed by atoms with E-state index >= 15 is 0 Å². The normalized spacial score (nSPS) is 10.8. The topological polar surface area (TPSA) is 69.0 Å². The molecule has 1 aromatic heterocycles. The molecule has 0 unspecified atom stereocenters. The maximum absolute atomic E-state index is 12.7. The van der Waals surface area contributed by atoms with Gasteiger partial charge < -0.3 is 10.1 Å². The summed E-state index contributed by atoms with van der Waals surface area (Å²) in [7, 11) is 1.62. The summed E-state index contributed by atoms with van der Waals surface area (Å²) in [6.07, 6.45) is 0. The van der Waals surface area contributed by atoms with E-state index in [9.17, 15) is 4.79 Å². The molecule has 0 saturated heterocycles. The zero-order valence-electron chi connectivity index (χ0n) is 18.5. The molecular weight excluding hydrogens is 456 g/mol. The molecule has 33 heavy (non-hydrogen) atoms. The van der Waals surface area contributed by atoms with E-state index in [1.807, 2.05) is 85.1 Å². The van der Waals surface area contributed by atoms with Crippen molar-refractivity contribution in [3.63, 3.8) is 0 Å². The van der Waals surface area contributed by atoms with Gasteiger partial charge in [0, 0.05) is 16.9 Å². The highest BCUT2D eigenvalue weighted by atomic mass is 35.5. The summed E-state index contributed by atoms with van der Waals surface area (Å²) in [4.78, 5) is 12.7. The van der Waals surface area contributed by atoms with Crippen LogP contribution in [0.4, 0.5) is 5.69 Å². The summed E-state index contributed by atoms with van der Waals surface area (Å²) < 4.78 is 7.18. The van der Waals surface area contributed by atoms with Crippen molar-refractivity contribution < 1.29 is 9.53 Å². The van der Waals surface area contributed by atoms with Gasteiger partial charge in [-0.25, -0.2) is 0 Å². The molecule has 1 N–H and O–H groups in total. The number of ether oxygens (including phenoxy) is 1. The first kappa shape index (κ1) is 22.9. The molecule has 1 heterocycles. The van der Waals surface area contributed by atoms with Gasteiger partial charge in [-0.1, -0.05) is 53.2 Å². The van der Waals surface area contributed by atoms with E-state index in [1.54, 1.807) is 7.11 Å². The van der Waals surface area contributed by atoms with Gasteiger partial charge in [-0.3, -0.25) is 9.36 Å². The number of carbonyl (C=O) groups is 1. The lowest BCUT2D eigenvalue weighted by atomic mass is 10.1. The molecule has 0 saturated carbocycles. The average molecular weight is 479 g/mol. The first-order valence-corrected chi connectivity index (χ1v) is 11.7. The van der Waals surface area contributed by atoms with Crippen LogP contribution in [0.15, 0.2) is 71.9 Å². The summed E-state index contributed by atoms with van der Waals surface area (Å²) in [5, 5.41) is 12.9. The van der Waals surface area contributed by atoms with Crippen molar-refractivity contribution in [1.82, 2.24) is 14.8 Å². The fourth-order valence-corrected chi connectivity index (χ4v) is 4.39. The van der Waals surface area contributed by atoms with Crippen LogP contribution in [0, 0.1) is 13.8 Å². The Labute approximate surface area is 202 Å². The lowest BCUT2D eigenvalue weighted by Crippen LogP contribution is -2.15. The summed E-state index contributed by atoms with van der Waals surface area (Å²) >= 11 is 7.76. The molecule has 4 rings (SSSR count). The fourth-order valence-electron chi connectivity index (χ4n) is 3.41. The number of aryl methyl sites for hydroxylation is 2. The van der Waals surface area contributed by atoms with Crippen molar-refractivity contribution in [2.45, 2.75) is 19.0 Å². The van der Waals surface area contributed by atoms with Gasteiger partial charge >= 0.3 is 0 Å². The van der Waals surface area contributed by atoms with Gasteiger partial charge in [-0.2, -0.15) is 0 Å². The van der Waals surface area contributed by atoms with Crippen molar-refractivity contribution in [2.75, 3.05) is 18.2 Å². The second kappa shape index (κ2) is 10.1. The smallest absolute Gasteiger partial charge is 0.234 e. The Morgan fingerprint density at radius 3 is 2.52 bits per heavy atom. The number of nitrogens with zero attached hydrogens (tertiary/aromatic N) is 3. The Bertz CT molecular complexity index is 1290. The number of thioether (sulfide) groups is 1. The fraction of sp³-hybridized carbons (Fsp3) is 0.160. The van der Waals surface area contributed by atoms with E-state index in [0.29, 0.717) is 16.0 Å². The molecule has 0 radical (unpaired) electrons. The third-order valence-corrected chi connectivity index (χ3v) is 6.33. The number of hydrogen-bond acceptors (Lipinski definition) is 5. The van der Waals surface area contributed by atoms with Crippen molar-refractivity contribution in [3.8, 4) is 22.8 Å². The van der Waals surface area contributed by atoms with E-state index in [2.05, 4.69) is 15.5 Å². The van der Waals surface area contributed by atoms with Gasteiger partial charge in [-0.05, 0) is 61.9 Å². The van der Waals surface area contributed by atoms with Crippen LogP contribution in [-0.2, 0) is 4.79 Å². The molecule has 4 aromatic rings. The number of halogens is 1. The molecule has 6 nitrogen and oxygen atoms in total. The van der Waals surface area contributed by atoms with Crippen LogP contribution in [0.5, 0.6) is 5.75 Å². The molecule has 0 bridgehead atoms. The summed E-state index contributed by atoms with van der Waals surface area (Å²) in [6.45, 7) is 4.00. The maximum atomic E-state index is 12.7. The molecule has 1 amide bonds. The quantitative estimate of drug-likeness (QED) is 0.333. The average Bonchev–Trinajstić information content (AvgIpc) is 3.23. The Kier molecular flexibility index (Phi) is 7.01. The van der Waals surface area contributed by atoms with Crippen LogP contribution in [0.1, 0.15) is 11.1 Å². The Balaban J connectivity index is 1.62. The highest BCUT2D eigenvalue weighted by Crippen LogP contribution is 2.32. The predicted octanol–water partition coefficient (Wildman–Crippen LogP) is 5.94. The summed E-state index contributed by atoms with van der Waals surface area (Å²) in [6, 6.07) is 21.0. The lowest BCUT2D eigenvalue weighted by Gasteiger charge is -2.12. The minimum Gasteiger partial charge on any atom is -0.497 e. The highest BCUT2D eigenvalue weighted by molar-refractivity contribution is 7.99. The van der Waals surface area contributed by atoms with Gasteiger partial charge in [0.05, 0.1) is 17.9 Å². The van der Waals surface area contributed by atoms with Gasteiger partial charge in [0.1, 0.15) is 5.75 Å². The van der Waals surface area contributed by atoms with Crippen molar-refractivity contribution in [3.05, 3.63) is 82.9 Å². The first-order chi connectivity index (χ1) is 16.0. The zero-order chi connectivity index (χ0) is 23.4. The van der Waals surface area contributed by atoms with Crippen molar-refractivity contribution in [1.29, 1.82) is 0 Å². The lowest BCUT2D eigenvalue weighted by molar-refractivity contribution is -0.113. The largest absolute Gasteiger partial charge is 0.497 e. The number of hydrogen-bond donors (Lipinski definition) is 1. The van der Waals surface area contributed by atoms with E-state index in [0.717, 1.165) is 33.8 Å². The van der Waals surface area contributed by atoms with Crippen molar-refractivity contribution in [2.24, 2.45) is 0 Å². The van der Waals surface area contributed by atoms with Crippen LogP contribution in [0.3, 0.4) is 0 Å². The number of carbonyl (C=O) groups excluding carboxylic acids is 1. The molecule has 3 aromatic carbocycles. The maximum Gasteiger partial charge on any atom is 0.234 e. The Morgan fingerprint density at radius 1 is 1.06 bits per heavy atom. The molecular formula is C25H23ClN4O2S. The number of rotatable bonds is 7. The molecule has 0 aliphatic carbocycles. The van der Waals surface area contributed by atoms with Crippen LogP contribution >= 0.6 is 23.4 Å². The second-order valence-electron chi connectivity index (χ2n) is 7.47. The van der Waals surface area contributed by atoms with Crippen LogP contribution in [0.2, 0.25) is 5.02 Å². The second-order valence-corrected chi connectivity index (χ2v) is 8.82. The van der Waals surface area contributed by atoms with E-state index in [4.69, 9.17) is 16.3 Å². The zero-order valence-corrected chi connectivity index (χ0v) is 20.1. The highest BCUT2D eigenvalue weighted by Gasteiger charge is 2.19. The van der Waals surface area contributed by atoms with Crippen molar-refractivity contribution >= 4 is 35.0 Å². The molecule has 0 atom stereocenters.